The quantitative estimate of drug-likeness (QED) is 0.717. The number of pyridine rings is 1. The van der Waals surface area contributed by atoms with Crippen LogP contribution in [0.5, 0.6) is 11.6 Å². The summed E-state index contributed by atoms with van der Waals surface area (Å²) in [6, 6.07) is 1.59. The van der Waals surface area contributed by atoms with Crippen molar-refractivity contribution in [1.29, 1.82) is 0 Å². The maximum atomic E-state index is 11.6. The van der Waals surface area contributed by atoms with Gasteiger partial charge >= 0.3 is 0 Å². The summed E-state index contributed by atoms with van der Waals surface area (Å²) in [6.45, 7) is 0.254. The lowest BCUT2D eigenvalue weighted by Crippen LogP contribution is -2.19. The number of ketones is 1. The normalized spacial score (nSPS) is 9.80. The van der Waals surface area contributed by atoms with Crippen LogP contribution in [0.1, 0.15) is 10.4 Å². The molecular weight excluding hydrogens is 196 g/mol. The summed E-state index contributed by atoms with van der Waals surface area (Å²) in [5.41, 5.74) is 0.452. The molecule has 1 aromatic heterocycles. The molecule has 1 rings (SSSR count). The van der Waals surface area contributed by atoms with Gasteiger partial charge in [0, 0.05) is 12.3 Å². The molecule has 1 aromatic rings. The molecule has 15 heavy (non-hydrogen) atoms. The fourth-order valence-corrected chi connectivity index (χ4v) is 1.16. The fourth-order valence-electron chi connectivity index (χ4n) is 1.16. The number of rotatable bonds is 5. The smallest absolute Gasteiger partial charge is 0.216 e. The van der Waals surface area contributed by atoms with Crippen molar-refractivity contribution in [2.45, 2.75) is 0 Å². The van der Waals surface area contributed by atoms with Crippen LogP contribution in [-0.4, -0.2) is 38.6 Å². The third-order valence-corrected chi connectivity index (χ3v) is 1.91. The highest BCUT2D eigenvalue weighted by Crippen LogP contribution is 2.22. The average molecular weight is 210 g/mol. The molecular formula is C10H14N2O3. The largest absolute Gasteiger partial charge is 0.496 e. The highest BCUT2D eigenvalue weighted by molar-refractivity contribution is 5.99. The van der Waals surface area contributed by atoms with Crippen LogP contribution < -0.4 is 14.8 Å². The SMILES string of the molecule is CNCC(=O)c1cnc(OC)cc1OC. The van der Waals surface area contributed by atoms with Crippen molar-refractivity contribution in [3.63, 3.8) is 0 Å². The lowest BCUT2D eigenvalue weighted by Gasteiger charge is -2.08. The van der Waals surface area contributed by atoms with Crippen molar-refractivity contribution in [3.05, 3.63) is 17.8 Å². The Morgan fingerprint density at radius 3 is 2.73 bits per heavy atom. The van der Waals surface area contributed by atoms with Gasteiger partial charge in [0.1, 0.15) is 5.75 Å². The molecule has 0 saturated heterocycles. The second-order valence-electron chi connectivity index (χ2n) is 2.88. The molecule has 0 aliphatic heterocycles. The van der Waals surface area contributed by atoms with Gasteiger partial charge in [-0.05, 0) is 7.05 Å². The Morgan fingerprint density at radius 1 is 1.47 bits per heavy atom. The number of ether oxygens (including phenoxy) is 2. The summed E-state index contributed by atoms with van der Waals surface area (Å²) in [6.07, 6.45) is 1.46. The van der Waals surface area contributed by atoms with Gasteiger partial charge in [-0.2, -0.15) is 0 Å². The Bertz CT molecular complexity index is 353. The van der Waals surface area contributed by atoms with Crippen molar-refractivity contribution in [2.75, 3.05) is 27.8 Å². The van der Waals surface area contributed by atoms with Crippen molar-refractivity contribution < 1.29 is 14.3 Å². The first-order chi connectivity index (χ1) is 7.22. The number of likely N-dealkylation sites (N-methyl/N-ethyl adjacent to an activating group) is 1. The van der Waals surface area contributed by atoms with Crippen molar-refractivity contribution in [1.82, 2.24) is 10.3 Å². The van der Waals surface area contributed by atoms with Crippen LogP contribution in [0.4, 0.5) is 0 Å². The number of Topliss-reactive ketones (excluding diaryl/α,β-unsaturated/α-hetero) is 1. The number of aromatic nitrogens is 1. The topological polar surface area (TPSA) is 60.5 Å². The zero-order valence-corrected chi connectivity index (χ0v) is 9.03. The highest BCUT2D eigenvalue weighted by Gasteiger charge is 2.13. The van der Waals surface area contributed by atoms with E-state index in [-0.39, 0.29) is 12.3 Å². The molecule has 0 amide bonds. The van der Waals surface area contributed by atoms with E-state index < -0.39 is 0 Å². The first kappa shape index (κ1) is 11.5. The van der Waals surface area contributed by atoms with E-state index in [1.165, 1.54) is 20.4 Å². The number of carbonyl (C=O) groups is 1. The molecule has 82 valence electrons. The zero-order chi connectivity index (χ0) is 11.3. The minimum absolute atomic E-state index is 0.0653. The Morgan fingerprint density at radius 2 is 2.20 bits per heavy atom. The minimum Gasteiger partial charge on any atom is -0.496 e. The van der Waals surface area contributed by atoms with Crippen molar-refractivity contribution in [3.8, 4) is 11.6 Å². The number of nitrogens with one attached hydrogen (secondary N) is 1. The molecule has 0 saturated carbocycles. The Labute approximate surface area is 88.4 Å². The van der Waals surface area contributed by atoms with Gasteiger partial charge in [0.2, 0.25) is 5.88 Å². The minimum atomic E-state index is -0.0653. The van der Waals surface area contributed by atoms with E-state index in [1.807, 2.05) is 0 Å². The maximum absolute atomic E-state index is 11.6. The number of carbonyl (C=O) groups excluding carboxylic acids is 1. The predicted octanol–water partition coefficient (Wildman–Crippen LogP) is 0.501. The van der Waals surface area contributed by atoms with Gasteiger partial charge in [0.15, 0.2) is 5.78 Å². The Hall–Kier alpha value is -1.62. The molecule has 5 nitrogen and oxygen atoms in total. The molecule has 0 aromatic carbocycles. The molecule has 5 heteroatoms. The third-order valence-electron chi connectivity index (χ3n) is 1.91. The van der Waals surface area contributed by atoms with E-state index in [4.69, 9.17) is 9.47 Å². The van der Waals surface area contributed by atoms with Crippen molar-refractivity contribution >= 4 is 5.78 Å². The summed E-state index contributed by atoms with van der Waals surface area (Å²) in [4.78, 5) is 15.6. The van der Waals surface area contributed by atoms with E-state index in [9.17, 15) is 4.79 Å². The second kappa shape index (κ2) is 5.31. The van der Waals surface area contributed by atoms with Crippen LogP contribution in [0.25, 0.3) is 0 Å². The van der Waals surface area contributed by atoms with Crippen molar-refractivity contribution in [2.24, 2.45) is 0 Å². The van der Waals surface area contributed by atoms with Crippen LogP contribution >= 0.6 is 0 Å². The van der Waals surface area contributed by atoms with E-state index in [0.717, 1.165) is 0 Å². The number of hydrogen-bond donors (Lipinski definition) is 1. The fraction of sp³-hybridized carbons (Fsp3) is 0.400. The standard InChI is InChI=1S/C10H14N2O3/c1-11-6-8(13)7-5-12-10(15-3)4-9(7)14-2/h4-5,11H,6H2,1-3H3. The van der Waals surface area contributed by atoms with Gasteiger partial charge in [0.25, 0.3) is 0 Å². The van der Waals surface area contributed by atoms with E-state index >= 15 is 0 Å². The second-order valence-corrected chi connectivity index (χ2v) is 2.88. The number of nitrogens with zero attached hydrogens (tertiary/aromatic N) is 1. The molecule has 0 spiro atoms. The Balaban J connectivity index is 3.02. The molecule has 1 N–H and O–H groups in total. The molecule has 0 bridgehead atoms. The van der Waals surface area contributed by atoms with Crippen LogP contribution in [0, 0.1) is 0 Å². The third kappa shape index (κ3) is 2.66. The molecule has 0 radical (unpaired) electrons. The molecule has 0 aliphatic rings. The van der Waals surface area contributed by atoms with Gasteiger partial charge in [0.05, 0.1) is 26.3 Å². The van der Waals surface area contributed by atoms with Gasteiger partial charge in [-0.1, -0.05) is 0 Å². The van der Waals surface area contributed by atoms with E-state index in [2.05, 4.69) is 10.3 Å². The van der Waals surface area contributed by atoms with Crippen LogP contribution in [0.3, 0.4) is 0 Å². The summed E-state index contributed by atoms with van der Waals surface area (Å²) in [5, 5.41) is 2.78. The molecule has 0 unspecified atom stereocenters. The van der Waals surface area contributed by atoms with Gasteiger partial charge in [-0.3, -0.25) is 4.79 Å². The summed E-state index contributed by atoms with van der Waals surface area (Å²) in [7, 11) is 4.73. The Kier molecular flexibility index (Phi) is 4.05. The lowest BCUT2D eigenvalue weighted by molar-refractivity contribution is 0.0990. The maximum Gasteiger partial charge on any atom is 0.216 e. The number of hydrogen-bond acceptors (Lipinski definition) is 5. The molecule has 0 aliphatic carbocycles. The lowest BCUT2D eigenvalue weighted by atomic mass is 10.1. The van der Waals surface area contributed by atoms with Crippen LogP contribution in [0.15, 0.2) is 12.3 Å². The van der Waals surface area contributed by atoms with Crippen LogP contribution in [-0.2, 0) is 0 Å². The molecule has 0 fully saturated rings. The summed E-state index contributed by atoms with van der Waals surface area (Å²) >= 11 is 0. The summed E-state index contributed by atoms with van der Waals surface area (Å²) in [5.74, 6) is 0.833. The van der Waals surface area contributed by atoms with Gasteiger partial charge in [-0.25, -0.2) is 4.98 Å². The summed E-state index contributed by atoms with van der Waals surface area (Å²) < 4.78 is 10.0. The van der Waals surface area contributed by atoms with E-state index in [0.29, 0.717) is 17.2 Å². The van der Waals surface area contributed by atoms with Gasteiger partial charge < -0.3 is 14.8 Å². The number of methoxy groups -OCH3 is 2. The average Bonchev–Trinajstić information content (AvgIpc) is 2.28. The first-order valence-electron chi connectivity index (χ1n) is 4.48. The van der Waals surface area contributed by atoms with Gasteiger partial charge in [-0.15, -0.1) is 0 Å². The zero-order valence-electron chi connectivity index (χ0n) is 9.03. The highest BCUT2D eigenvalue weighted by atomic mass is 16.5. The van der Waals surface area contributed by atoms with E-state index in [1.54, 1.807) is 13.1 Å². The van der Waals surface area contributed by atoms with Crippen LogP contribution in [0.2, 0.25) is 0 Å². The monoisotopic (exact) mass is 210 g/mol. The molecule has 0 atom stereocenters. The predicted molar refractivity (Wildman–Crippen MR) is 55.6 cm³/mol. The molecule has 1 heterocycles. The first-order valence-corrected chi connectivity index (χ1v) is 4.48.